The van der Waals surface area contributed by atoms with Crippen molar-refractivity contribution in [2.45, 2.75) is 13.0 Å². The lowest BCUT2D eigenvalue weighted by molar-refractivity contribution is -0.123. The van der Waals surface area contributed by atoms with Gasteiger partial charge in [0, 0.05) is 16.4 Å². The second-order valence-electron chi connectivity index (χ2n) is 4.78. The molecule has 2 aromatic rings. The number of nitrogen functional groups attached to an aromatic ring is 1. The fourth-order valence-electron chi connectivity index (χ4n) is 1.77. The van der Waals surface area contributed by atoms with Crippen LogP contribution >= 0.6 is 11.6 Å². The molecular formula is C16H14ClFN2O3. The third-order valence-electron chi connectivity index (χ3n) is 3.00. The van der Waals surface area contributed by atoms with E-state index in [-0.39, 0.29) is 11.3 Å². The minimum Gasteiger partial charge on any atom is -0.449 e. The van der Waals surface area contributed by atoms with Crippen molar-refractivity contribution in [2.24, 2.45) is 0 Å². The van der Waals surface area contributed by atoms with Crippen LogP contribution in [0, 0.1) is 5.82 Å². The quantitative estimate of drug-likeness (QED) is 0.663. The number of halogens is 2. The summed E-state index contributed by atoms with van der Waals surface area (Å²) in [6.07, 6.45) is -1.05. The Kier molecular flexibility index (Phi) is 5.18. The van der Waals surface area contributed by atoms with Crippen LogP contribution in [0.1, 0.15) is 17.3 Å². The predicted molar refractivity (Wildman–Crippen MR) is 85.8 cm³/mol. The Hall–Kier alpha value is -2.60. The Morgan fingerprint density at radius 1 is 1.22 bits per heavy atom. The van der Waals surface area contributed by atoms with Gasteiger partial charge >= 0.3 is 5.97 Å². The Labute approximate surface area is 137 Å². The molecule has 0 spiro atoms. The molecule has 0 aliphatic heterocycles. The molecule has 1 atom stereocenters. The molecule has 0 aliphatic rings. The van der Waals surface area contributed by atoms with Gasteiger partial charge in [-0.25, -0.2) is 9.18 Å². The Bertz CT molecular complexity index is 735. The summed E-state index contributed by atoms with van der Waals surface area (Å²) in [4.78, 5) is 24.0. The second kappa shape index (κ2) is 7.11. The van der Waals surface area contributed by atoms with E-state index in [0.717, 1.165) is 12.1 Å². The Morgan fingerprint density at radius 3 is 2.48 bits per heavy atom. The predicted octanol–water partition coefficient (Wildman–Crippen LogP) is 3.25. The van der Waals surface area contributed by atoms with E-state index in [4.69, 9.17) is 22.1 Å². The molecule has 0 saturated heterocycles. The zero-order valence-corrected chi connectivity index (χ0v) is 12.9. The van der Waals surface area contributed by atoms with Gasteiger partial charge in [0.25, 0.3) is 5.91 Å². The van der Waals surface area contributed by atoms with E-state index >= 15 is 0 Å². The molecule has 1 unspecified atom stereocenters. The van der Waals surface area contributed by atoms with Crippen LogP contribution in [0.25, 0.3) is 0 Å². The molecule has 120 valence electrons. The minimum atomic E-state index is -1.05. The van der Waals surface area contributed by atoms with Gasteiger partial charge in [0.15, 0.2) is 6.10 Å². The smallest absolute Gasteiger partial charge is 0.341 e. The molecule has 0 fully saturated rings. The summed E-state index contributed by atoms with van der Waals surface area (Å²) in [7, 11) is 0. The number of nitrogens with two attached hydrogens (primary N) is 1. The van der Waals surface area contributed by atoms with Gasteiger partial charge in [-0.15, -0.1) is 0 Å². The van der Waals surface area contributed by atoms with E-state index in [1.54, 1.807) is 24.3 Å². The normalized spacial score (nSPS) is 11.6. The van der Waals surface area contributed by atoms with Crippen LogP contribution in [0.4, 0.5) is 15.8 Å². The maximum atomic E-state index is 13.0. The van der Waals surface area contributed by atoms with Gasteiger partial charge in [0.2, 0.25) is 0 Å². The van der Waals surface area contributed by atoms with Gasteiger partial charge in [0.1, 0.15) is 5.82 Å². The molecular weight excluding hydrogens is 323 g/mol. The average molecular weight is 337 g/mol. The SMILES string of the molecule is CC(OC(=O)c1ccc(F)cc1N)C(=O)Nc1ccc(Cl)cc1. The molecule has 1 amide bonds. The third-order valence-corrected chi connectivity index (χ3v) is 3.25. The summed E-state index contributed by atoms with van der Waals surface area (Å²) in [6.45, 7) is 1.42. The number of benzene rings is 2. The molecule has 2 rings (SSSR count). The molecule has 3 N–H and O–H groups in total. The third kappa shape index (κ3) is 4.43. The van der Waals surface area contributed by atoms with Crippen LogP contribution < -0.4 is 11.1 Å². The lowest BCUT2D eigenvalue weighted by Gasteiger charge is -2.14. The second-order valence-corrected chi connectivity index (χ2v) is 5.21. The fourth-order valence-corrected chi connectivity index (χ4v) is 1.90. The topological polar surface area (TPSA) is 81.4 Å². The molecule has 7 heteroatoms. The van der Waals surface area contributed by atoms with Gasteiger partial charge in [-0.3, -0.25) is 4.79 Å². The van der Waals surface area contributed by atoms with Crippen LogP contribution in [-0.2, 0) is 9.53 Å². The Balaban J connectivity index is 2.00. The van der Waals surface area contributed by atoms with E-state index in [9.17, 15) is 14.0 Å². The lowest BCUT2D eigenvalue weighted by Crippen LogP contribution is -2.30. The first kappa shape index (κ1) is 16.8. The highest BCUT2D eigenvalue weighted by molar-refractivity contribution is 6.30. The van der Waals surface area contributed by atoms with Crippen molar-refractivity contribution in [3.05, 3.63) is 58.9 Å². The summed E-state index contributed by atoms with van der Waals surface area (Å²) in [5.41, 5.74) is 6.02. The maximum absolute atomic E-state index is 13.0. The van der Waals surface area contributed by atoms with Crippen LogP contribution in [0.2, 0.25) is 5.02 Å². The number of hydrogen-bond acceptors (Lipinski definition) is 4. The largest absolute Gasteiger partial charge is 0.449 e. The minimum absolute atomic E-state index is 0.00228. The summed E-state index contributed by atoms with van der Waals surface area (Å²) in [5.74, 6) is -1.88. The molecule has 0 aromatic heterocycles. The molecule has 0 saturated carbocycles. The number of carbonyl (C=O) groups is 2. The molecule has 23 heavy (non-hydrogen) atoms. The standard InChI is InChI=1S/C16H14ClFN2O3/c1-9(15(21)20-12-5-2-10(17)3-6-12)23-16(22)13-7-4-11(18)8-14(13)19/h2-9H,19H2,1H3,(H,20,21). The van der Waals surface area contributed by atoms with Crippen molar-refractivity contribution >= 4 is 34.9 Å². The highest BCUT2D eigenvalue weighted by atomic mass is 35.5. The highest BCUT2D eigenvalue weighted by Crippen LogP contribution is 2.17. The van der Waals surface area contributed by atoms with Gasteiger partial charge in [0.05, 0.1) is 5.56 Å². The average Bonchev–Trinajstić information content (AvgIpc) is 2.49. The van der Waals surface area contributed by atoms with Crippen molar-refractivity contribution in [1.29, 1.82) is 0 Å². The zero-order valence-electron chi connectivity index (χ0n) is 12.2. The number of hydrogen-bond donors (Lipinski definition) is 2. The molecule has 0 aliphatic carbocycles. The number of amides is 1. The molecule has 5 nitrogen and oxygen atoms in total. The summed E-state index contributed by atoms with van der Waals surface area (Å²) < 4.78 is 18.0. The lowest BCUT2D eigenvalue weighted by atomic mass is 10.2. The van der Waals surface area contributed by atoms with Crippen molar-refractivity contribution in [2.75, 3.05) is 11.1 Å². The van der Waals surface area contributed by atoms with Crippen LogP contribution in [0.15, 0.2) is 42.5 Å². The van der Waals surface area contributed by atoms with E-state index in [1.165, 1.54) is 13.0 Å². The van der Waals surface area contributed by atoms with Crippen molar-refractivity contribution < 1.29 is 18.7 Å². The summed E-state index contributed by atoms with van der Waals surface area (Å²) >= 11 is 5.75. The number of anilines is 2. The monoisotopic (exact) mass is 336 g/mol. The van der Waals surface area contributed by atoms with Crippen molar-refractivity contribution in [3.8, 4) is 0 Å². The van der Waals surface area contributed by atoms with Crippen LogP contribution in [-0.4, -0.2) is 18.0 Å². The number of rotatable bonds is 4. The fraction of sp³-hybridized carbons (Fsp3) is 0.125. The maximum Gasteiger partial charge on any atom is 0.341 e. The van der Waals surface area contributed by atoms with Gasteiger partial charge in [-0.1, -0.05) is 11.6 Å². The number of carbonyl (C=O) groups excluding carboxylic acids is 2. The first-order chi connectivity index (χ1) is 10.9. The molecule has 0 bridgehead atoms. The number of ether oxygens (including phenoxy) is 1. The van der Waals surface area contributed by atoms with Crippen molar-refractivity contribution in [3.63, 3.8) is 0 Å². The molecule has 0 radical (unpaired) electrons. The van der Waals surface area contributed by atoms with E-state index in [0.29, 0.717) is 10.7 Å². The number of esters is 1. The van der Waals surface area contributed by atoms with Gasteiger partial charge < -0.3 is 15.8 Å². The van der Waals surface area contributed by atoms with Crippen molar-refractivity contribution in [1.82, 2.24) is 0 Å². The van der Waals surface area contributed by atoms with Gasteiger partial charge in [-0.2, -0.15) is 0 Å². The first-order valence-electron chi connectivity index (χ1n) is 6.69. The first-order valence-corrected chi connectivity index (χ1v) is 7.07. The van der Waals surface area contributed by atoms with Crippen LogP contribution in [0.5, 0.6) is 0 Å². The van der Waals surface area contributed by atoms with E-state index in [2.05, 4.69) is 5.32 Å². The number of nitrogens with one attached hydrogen (secondary N) is 1. The van der Waals surface area contributed by atoms with E-state index < -0.39 is 23.8 Å². The summed E-state index contributed by atoms with van der Waals surface area (Å²) in [6, 6.07) is 9.77. The molecule has 2 aromatic carbocycles. The van der Waals surface area contributed by atoms with Crippen LogP contribution in [0.3, 0.4) is 0 Å². The highest BCUT2D eigenvalue weighted by Gasteiger charge is 2.20. The zero-order chi connectivity index (χ0) is 17.0. The molecule has 0 heterocycles. The van der Waals surface area contributed by atoms with E-state index in [1.807, 2.05) is 0 Å². The summed E-state index contributed by atoms with van der Waals surface area (Å²) in [5, 5.41) is 3.12. The van der Waals surface area contributed by atoms with Gasteiger partial charge in [-0.05, 0) is 49.4 Å². The Morgan fingerprint density at radius 2 is 1.87 bits per heavy atom.